The summed E-state index contributed by atoms with van der Waals surface area (Å²) in [5.74, 6) is -0.00221. The molecule has 0 spiro atoms. The Balaban J connectivity index is 1.67. The summed E-state index contributed by atoms with van der Waals surface area (Å²) in [6.07, 6.45) is 3.84. The summed E-state index contributed by atoms with van der Waals surface area (Å²) in [5, 5.41) is 2.87. The molecule has 1 fully saturated rings. The molecule has 1 aliphatic rings. The Hall–Kier alpha value is -2.60. The molecule has 3 rings (SSSR count). The molecule has 1 heterocycles. The molecule has 1 amide bonds. The number of carbonyl (C=O) groups excluding carboxylic acids is 1. The third-order valence-corrected chi connectivity index (χ3v) is 6.44. The van der Waals surface area contributed by atoms with Gasteiger partial charge in [0.1, 0.15) is 0 Å². The van der Waals surface area contributed by atoms with E-state index in [1.807, 2.05) is 44.2 Å². The van der Waals surface area contributed by atoms with Gasteiger partial charge in [-0.15, -0.1) is 0 Å². The van der Waals surface area contributed by atoms with Crippen molar-refractivity contribution < 1.29 is 13.2 Å². The van der Waals surface area contributed by atoms with Gasteiger partial charge in [0.15, 0.2) is 0 Å². The van der Waals surface area contributed by atoms with Gasteiger partial charge in [-0.1, -0.05) is 24.3 Å². The van der Waals surface area contributed by atoms with Crippen molar-refractivity contribution in [2.75, 3.05) is 21.9 Å². The van der Waals surface area contributed by atoms with Crippen LogP contribution in [0.2, 0.25) is 0 Å². The van der Waals surface area contributed by atoms with Crippen molar-refractivity contribution in [2.45, 2.75) is 20.3 Å². The number of sulfonamides is 1. The number of nitrogens with zero attached hydrogens (tertiary/aromatic N) is 1. The van der Waals surface area contributed by atoms with E-state index in [1.165, 1.54) is 10.4 Å². The summed E-state index contributed by atoms with van der Waals surface area (Å²) in [6, 6.07) is 12.9. The van der Waals surface area contributed by atoms with Crippen LogP contribution in [0.1, 0.15) is 23.1 Å². The van der Waals surface area contributed by atoms with E-state index in [1.54, 1.807) is 18.2 Å². The van der Waals surface area contributed by atoms with E-state index in [0.717, 1.165) is 22.4 Å². The van der Waals surface area contributed by atoms with Crippen molar-refractivity contribution in [1.82, 2.24) is 0 Å². The normalized spacial score (nSPS) is 16.2. The average Bonchev–Trinajstić information content (AvgIpc) is 2.97. The second-order valence-electron chi connectivity index (χ2n) is 6.40. The van der Waals surface area contributed by atoms with Crippen molar-refractivity contribution in [3.05, 3.63) is 65.2 Å². The van der Waals surface area contributed by atoms with Gasteiger partial charge in [0.25, 0.3) is 0 Å². The smallest absolute Gasteiger partial charge is 0.248 e. The number of hydrogen-bond donors (Lipinski definition) is 1. The molecule has 0 radical (unpaired) electrons. The molecule has 136 valence electrons. The number of aryl methyl sites for hydroxylation is 1. The zero-order chi connectivity index (χ0) is 18.7. The van der Waals surface area contributed by atoms with Gasteiger partial charge >= 0.3 is 0 Å². The van der Waals surface area contributed by atoms with Gasteiger partial charge in [0, 0.05) is 18.3 Å². The lowest BCUT2D eigenvalue weighted by molar-refractivity contribution is -0.111. The van der Waals surface area contributed by atoms with Crippen LogP contribution in [0.3, 0.4) is 0 Å². The predicted octanol–water partition coefficient (Wildman–Crippen LogP) is 3.50. The second kappa shape index (κ2) is 7.33. The lowest BCUT2D eigenvalue weighted by Crippen LogP contribution is -2.24. The molecule has 1 aliphatic heterocycles. The maximum Gasteiger partial charge on any atom is 0.248 e. The Morgan fingerprint density at radius 1 is 1.12 bits per heavy atom. The van der Waals surface area contributed by atoms with Gasteiger partial charge in [-0.05, 0) is 61.2 Å². The fourth-order valence-electron chi connectivity index (χ4n) is 2.91. The van der Waals surface area contributed by atoms with E-state index >= 15 is 0 Å². The third kappa shape index (κ3) is 3.96. The van der Waals surface area contributed by atoms with Crippen LogP contribution in [0.4, 0.5) is 11.4 Å². The van der Waals surface area contributed by atoms with Crippen molar-refractivity contribution >= 4 is 33.4 Å². The molecule has 0 aliphatic carbocycles. The first-order valence-electron chi connectivity index (χ1n) is 8.52. The van der Waals surface area contributed by atoms with Crippen LogP contribution in [0.25, 0.3) is 6.08 Å². The van der Waals surface area contributed by atoms with Crippen molar-refractivity contribution in [2.24, 2.45) is 0 Å². The van der Waals surface area contributed by atoms with E-state index < -0.39 is 10.0 Å². The fourth-order valence-corrected chi connectivity index (χ4v) is 4.48. The zero-order valence-corrected chi connectivity index (χ0v) is 15.7. The molecule has 2 aromatic carbocycles. The van der Waals surface area contributed by atoms with Crippen LogP contribution >= 0.6 is 0 Å². The highest BCUT2D eigenvalue weighted by Gasteiger charge is 2.28. The van der Waals surface area contributed by atoms with Crippen molar-refractivity contribution in [3.8, 4) is 0 Å². The Labute approximate surface area is 154 Å². The Kier molecular flexibility index (Phi) is 5.13. The predicted molar refractivity (Wildman–Crippen MR) is 106 cm³/mol. The molecule has 26 heavy (non-hydrogen) atoms. The van der Waals surface area contributed by atoms with Gasteiger partial charge in [-0.2, -0.15) is 0 Å². The van der Waals surface area contributed by atoms with E-state index in [2.05, 4.69) is 5.32 Å². The maximum atomic E-state index is 12.1. The number of benzene rings is 2. The number of amides is 1. The first kappa shape index (κ1) is 18.2. The topological polar surface area (TPSA) is 66.5 Å². The number of rotatable bonds is 4. The summed E-state index contributed by atoms with van der Waals surface area (Å²) in [7, 11) is -3.17. The number of carbonyl (C=O) groups is 1. The van der Waals surface area contributed by atoms with Crippen LogP contribution in [-0.4, -0.2) is 26.6 Å². The molecule has 1 N–H and O–H groups in total. The van der Waals surface area contributed by atoms with Gasteiger partial charge in [0.05, 0.1) is 11.4 Å². The molecule has 0 aromatic heterocycles. The van der Waals surface area contributed by atoms with E-state index in [-0.39, 0.29) is 11.7 Å². The standard InChI is InChI=1S/C20H22N2O3S/c1-15-5-3-6-19(16(15)2)21-20(23)12-9-17-7-10-18(11-8-17)22-13-4-14-26(22,24)25/h3,5-12H,4,13-14H2,1-2H3,(H,21,23)/b12-9+. The Morgan fingerprint density at radius 2 is 1.85 bits per heavy atom. The van der Waals surface area contributed by atoms with E-state index in [4.69, 9.17) is 0 Å². The van der Waals surface area contributed by atoms with Crippen molar-refractivity contribution in [3.63, 3.8) is 0 Å². The molecule has 5 nitrogen and oxygen atoms in total. The van der Waals surface area contributed by atoms with Gasteiger partial charge in [0.2, 0.25) is 15.9 Å². The summed E-state index contributed by atoms with van der Waals surface area (Å²) in [4.78, 5) is 12.1. The first-order chi connectivity index (χ1) is 12.4. The summed E-state index contributed by atoms with van der Waals surface area (Å²) < 4.78 is 25.3. The van der Waals surface area contributed by atoms with Gasteiger partial charge in [-0.3, -0.25) is 9.10 Å². The maximum absolute atomic E-state index is 12.1. The molecule has 1 saturated heterocycles. The fraction of sp³-hybridized carbons (Fsp3) is 0.250. The van der Waals surface area contributed by atoms with Crippen LogP contribution in [0.5, 0.6) is 0 Å². The van der Waals surface area contributed by atoms with E-state index in [0.29, 0.717) is 18.7 Å². The van der Waals surface area contributed by atoms with Crippen molar-refractivity contribution in [1.29, 1.82) is 0 Å². The minimum atomic E-state index is -3.17. The largest absolute Gasteiger partial charge is 0.322 e. The molecule has 0 saturated carbocycles. The molecular weight excluding hydrogens is 348 g/mol. The monoisotopic (exact) mass is 370 g/mol. The first-order valence-corrected chi connectivity index (χ1v) is 10.1. The van der Waals surface area contributed by atoms with Gasteiger partial charge < -0.3 is 5.32 Å². The minimum absolute atomic E-state index is 0.202. The Morgan fingerprint density at radius 3 is 2.50 bits per heavy atom. The third-order valence-electron chi connectivity index (χ3n) is 4.57. The lowest BCUT2D eigenvalue weighted by atomic mass is 10.1. The zero-order valence-electron chi connectivity index (χ0n) is 14.9. The summed E-state index contributed by atoms with van der Waals surface area (Å²) >= 11 is 0. The van der Waals surface area contributed by atoms with Crippen LogP contribution in [0, 0.1) is 13.8 Å². The highest BCUT2D eigenvalue weighted by molar-refractivity contribution is 7.93. The minimum Gasteiger partial charge on any atom is -0.322 e. The highest BCUT2D eigenvalue weighted by atomic mass is 32.2. The lowest BCUT2D eigenvalue weighted by Gasteiger charge is -2.16. The second-order valence-corrected chi connectivity index (χ2v) is 8.42. The molecule has 0 bridgehead atoms. The van der Waals surface area contributed by atoms with E-state index in [9.17, 15) is 13.2 Å². The molecular formula is C20H22N2O3S. The SMILES string of the molecule is Cc1cccc(NC(=O)/C=C/c2ccc(N3CCCS3(=O)=O)cc2)c1C. The molecule has 2 aromatic rings. The van der Waals surface area contributed by atoms with Crippen LogP contribution < -0.4 is 9.62 Å². The summed E-state index contributed by atoms with van der Waals surface area (Å²) in [6.45, 7) is 4.50. The summed E-state index contributed by atoms with van der Waals surface area (Å²) in [5.41, 5.74) is 4.47. The Bertz CT molecular complexity index is 948. The highest BCUT2D eigenvalue weighted by Crippen LogP contribution is 2.24. The van der Waals surface area contributed by atoms with Crippen LogP contribution in [0.15, 0.2) is 48.5 Å². The number of hydrogen-bond acceptors (Lipinski definition) is 3. The number of anilines is 2. The quantitative estimate of drug-likeness (QED) is 0.838. The average molecular weight is 370 g/mol. The van der Waals surface area contributed by atoms with Gasteiger partial charge in [-0.25, -0.2) is 8.42 Å². The molecule has 0 atom stereocenters. The molecule has 6 heteroatoms. The number of nitrogens with one attached hydrogen (secondary N) is 1. The van der Waals surface area contributed by atoms with Crippen LogP contribution in [-0.2, 0) is 14.8 Å². The molecule has 0 unspecified atom stereocenters.